The molecule has 7 rings (SSSR count). The molecule has 4 nitrogen and oxygen atoms in total. The van der Waals surface area contributed by atoms with Gasteiger partial charge < -0.3 is 0 Å². The molecule has 0 radical (unpaired) electrons. The van der Waals surface area contributed by atoms with Crippen LogP contribution in [-0.4, -0.2) is 19.9 Å². The minimum Gasteiger partial charge on any atom is -0.260 e. The summed E-state index contributed by atoms with van der Waals surface area (Å²) in [5, 5.41) is 0. The largest absolute Gasteiger partial charge is 0.260 e. The molecule has 2 atom stereocenters. The predicted octanol–water partition coefficient (Wildman–Crippen LogP) is 11.6. The number of nitrogens with zero attached hydrogens (tertiary/aromatic N) is 4. The van der Waals surface area contributed by atoms with Gasteiger partial charge in [-0.3, -0.25) is 19.9 Å². The third kappa shape index (κ3) is 7.47. The predicted molar refractivity (Wildman–Crippen MR) is 218 cm³/mol. The first-order valence-corrected chi connectivity index (χ1v) is 19.1. The number of hydrogen-bond acceptors (Lipinski definition) is 4. The van der Waals surface area contributed by atoms with Crippen molar-refractivity contribution in [3.63, 3.8) is 0 Å². The molecule has 6 bridgehead atoms. The summed E-state index contributed by atoms with van der Waals surface area (Å²) in [7, 11) is 0. The highest BCUT2D eigenvalue weighted by atomic mass is 14.8. The van der Waals surface area contributed by atoms with Crippen molar-refractivity contribution >= 4 is 0 Å². The molecular weight excluding hydrogens is 645 g/mol. The fourth-order valence-corrected chi connectivity index (χ4v) is 7.59. The van der Waals surface area contributed by atoms with Crippen LogP contribution in [0.15, 0.2) is 109 Å². The van der Waals surface area contributed by atoms with Crippen LogP contribution >= 0.6 is 0 Å². The molecule has 53 heavy (non-hydrogen) atoms. The molecule has 0 amide bonds. The molecule has 0 saturated heterocycles. The second-order valence-corrected chi connectivity index (χ2v) is 18.2. The maximum Gasteiger partial charge on any atom is 0.0858 e. The van der Waals surface area contributed by atoms with E-state index in [1.165, 1.54) is 38.9 Å². The van der Waals surface area contributed by atoms with Crippen molar-refractivity contribution in [2.24, 2.45) is 0 Å². The third-order valence-electron chi connectivity index (χ3n) is 10.7. The number of aryl methyl sites for hydroxylation is 2. The number of pyridine rings is 4. The summed E-state index contributed by atoms with van der Waals surface area (Å²) in [6.07, 6.45) is 1.89. The quantitative estimate of drug-likeness (QED) is 0.184. The Kier molecular flexibility index (Phi) is 9.25. The summed E-state index contributed by atoms with van der Waals surface area (Å²) < 4.78 is 0. The van der Waals surface area contributed by atoms with Gasteiger partial charge in [0, 0.05) is 6.20 Å². The Morgan fingerprint density at radius 3 is 1.04 bits per heavy atom. The normalized spacial score (nSPS) is 17.5. The number of benzene rings is 2. The molecule has 4 aromatic heterocycles. The molecule has 2 unspecified atom stereocenters. The SMILES string of the molecule is Cc1cccc(C2c3cc(C(C)(C)C)cc(n3)C(c3cccc(C)c3)c3cc(C(C)(C)C)cc(n3)C(c3ccccn3)c3cc(C(C)(C)C)cc2n3)c1. The van der Waals surface area contributed by atoms with Crippen LogP contribution in [0.5, 0.6) is 0 Å². The first-order valence-electron chi connectivity index (χ1n) is 19.1. The van der Waals surface area contributed by atoms with Gasteiger partial charge in [-0.2, -0.15) is 0 Å². The van der Waals surface area contributed by atoms with Crippen molar-refractivity contribution in [2.75, 3.05) is 0 Å². The summed E-state index contributed by atoms with van der Waals surface area (Å²) in [4.78, 5) is 22.1. The van der Waals surface area contributed by atoms with Gasteiger partial charge in [0.2, 0.25) is 0 Å². The van der Waals surface area contributed by atoms with Crippen LogP contribution in [0.3, 0.4) is 0 Å². The molecule has 0 saturated carbocycles. The summed E-state index contributed by atoms with van der Waals surface area (Å²) in [6, 6.07) is 37.9. The van der Waals surface area contributed by atoms with E-state index in [2.05, 4.69) is 173 Å². The minimum atomic E-state index is -0.287. The van der Waals surface area contributed by atoms with E-state index in [1.54, 1.807) is 0 Å². The topological polar surface area (TPSA) is 51.6 Å². The first kappa shape index (κ1) is 36.4. The second kappa shape index (κ2) is 13.5. The molecular formula is C49H54N4. The van der Waals surface area contributed by atoms with Gasteiger partial charge in [0.1, 0.15) is 0 Å². The molecule has 0 spiro atoms. The Morgan fingerprint density at radius 2 is 0.736 bits per heavy atom. The van der Waals surface area contributed by atoms with Crippen molar-refractivity contribution in [1.82, 2.24) is 19.9 Å². The lowest BCUT2D eigenvalue weighted by molar-refractivity contribution is 0.578. The van der Waals surface area contributed by atoms with Crippen LogP contribution in [0.1, 0.15) is 159 Å². The molecule has 0 aliphatic carbocycles. The van der Waals surface area contributed by atoms with E-state index in [9.17, 15) is 0 Å². The van der Waals surface area contributed by atoms with E-state index in [0.717, 1.165) is 39.9 Å². The summed E-state index contributed by atoms with van der Waals surface area (Å²) in [5.74, 6) is -0.684. The smallest absolute Gasteiger partial charge is 0.0858 e. The number of hydrogen-bond donors (Lipinski definition) is 0. The highest BCUT2D eigenvalue weighted by Crippen LogP contribution is 2.43. The van der Waals surface area contributed by atoms with E-state index in [-0.39, 0.29) is 34.0 Å². The van der Waals surface area contributed by atoms with Crippen molar-refractivity contribution in [2.45, 2.75) is 110 Å². The Labute approximate surface area is 317 Å². The van der Waals surface area contributed by atoms with E-state index in [4.69, 9.17) is 19.9 Å². The lowest BCUT2D eigenvalue weighted by Crippen LogP contribution is -2.23. The zero-order chi connectivity index (χ0) is 37.9. The maximum atomic E-state index is 5.73. The lowest BCUT2D eigenvalue weighted by Gasteiger charge is -2.31. The molecule has 0 fully saturated rings. The Bertz CT molecular complexity index is 2150. The summed E-state index contributed by atoms with van der Waals surface area (Å²) in [5.41, 5.74) is 14.9. The number of aromatic nitrogens is 4. The van der Waals surface area contributed by atoms with Gasteiger partial charge in [0.05, 0.1) is 57.6 Å². The van der Waals surface area contributed by atoms with Crippen LogP contribution in [-0.2, 0) is 16.2 Å². The van der Waals surface area contributed by atoms with Gasteiger partial charge in [-0.1, -0.05) is 128 Å². The van der Waals surface area contributed by atoms with E-state index in [0.29, 0.717) is 0 Å². The monoisotopic (exact) mass is 698 g/mol. The average Bonchev–Trinajstić information content (AvgIpc) is 3.08. The van der Waals surface area contributed by atoms with Crippen molar-refractivity contribution in [3.05, 3.63) is 188 Å². The fourth-order valence-electron chi connectivity index (χ4n) is 7.59. The summed E-state index contributed by atoms with van der Waals surface area (Å²) >= 11 is 0. The number of rotatable bonds is 3. The van der Waals surface area contributed by atoms with Crippen LogP contribution < -0.4 is 0 Å². The van der Waals surface area contributed by atoms with Crippen LogP contribution in [0.4, 0.5) is 0 Å². The van der Waals surface area contributed by atoms with Crippen LogP contribution in [0.25, 0.3) is 0 Å². The van der Waals surface area contributed by atoms with Crippen LogP contribution in [0, 0.1) is 13.8 Å². The zero-order valence-electron chi connectivity index (χ0n) is 33.4. The number of fused-ring (bicyclic) bond motifs is 6. The van der Waals surface area contributed by atoms with Crippen molar-refractivity contribution in [3.8, 4) is 0 Å². The Balaban J connectivity index is 1.70. The van der Waals surface area contributed by atoms with Gasteiger partial charge in [0.25, 0.3) is 0 Å². The van der Waals surface area contributed by atoms with Gasteiger partial charge in [-0.25, -0.2) is 0 Å². The Hall–Kier alpha value is -4.96. The molecule has 270 valence electrons. The average molecular weight is 699 g/mol. The first-order chi connectivity index (χ1) is 25.0. The van der Waals surface area contributed by atoms with Gasteiger partial charge in [-0.05, 0) is 106 Å². The maximum absolute atomic E-state index is 5.73. The molecule has 1 aliphatic heterocycles. The molecule has 6 aromatic rings. The molecule has 0 N–H and O–H groups in total. The standard InChI is InChI=1S/C49H54N4/c1-30-16-14-18-32(22-30)44-38-24-34(47(3,4)5)25-39(51-38)45(33-19-15-17-31(2)23-33)41-27-36(49(9,10)11)29-43(53-41)46(37-20-12-13-21-50-37)42-28-35(48(6,7)8)26-40(44)52-42/h12-29,44-46H,1-11H3. The van der Waals surface area contributed by atoms with E-state index >= 15 is 0 Å². The molecule has 4 heteroatoms. The minimum absolute atomic E-state index is 0.125. The third-order valence-corrected chi connectivity index (χ3v) is 10.7. The Morgan fingerprint density at radius 1 is 0.377 bits per heavy atom. The summed E-state index contributed by atoms with van der Waals surface area (Å²) in [6.45, 7) is 25.0. The highest BCUT2D eigenvalue weighted by Gasteiger charge is 2.34. The second-order valence-electron chi connectivity index (χ2n) is 18.2. The van der Waals surface area contributed by atoms with Gasteiger partial charge >= 0.3 is 0 Å². The van der Waals surface area contributed by atoms with Gasteiger partial charge in [0.15, 0.2) is 0 Å². The lowest BCUT2D eigenvalue weighted by atomic mass is 9.78. The fraction of sp³-hybridized carbons (Fsp3) is 0.347. The molecule has 5 heterocycles. The van der Waals surface area contributed by atoms with Crippen molar-refractivity contribution < 1.29 is 0 Å². The highest BCUT2D eigenvalue weighted by molar-refractivity contribution is 5.50. The van der Waals surface area contributed by atoms with Crippen LogP contribution in [0.2, 0.25) is 0 Å². The molecule has 1 aliphatic rings. The van der Waals surface area contributed by atoms with Gasteiger partial charge in [-0.15, -0.1) is 0 Å². The zero-order valence-corrected chi connectivity index (χ0v) is 33.4. The van der Waals surface area contributed by atoms with E-state index in [1.807, 2.05) is 12.3 Å². The van der Waals surface area contributed by atoms with E-state index < -0.39 is 0 Å². The van der Waals surface area contributed by atoms with Crippen molar-refractivity contribution in [1.29, 1.82) is 0 Å². The molecule has 2 aromatic carbocycles.